The molecule has 3 aromatic rings. The molecule has 2 aromatic carbocycles. The highest BCUT2D eigenvalue weighted by atomic mass is 16.5. The average molecular weight is 429 g/mol. The van der Waals surface area contributed by atoms with Gasteiger partial charge in [0, 0.05) is 28.3 Å². The molecule has 162 valence electrons. The van der Waals surface area contributed by atoms with Crippen LogP contribution in [0.5, 0.6) is 0 Å². The van der Waals surface area contributed by atoms with Gasteiger partial charge in [0.1, 0.15) is 6.42 Å². The first-order chi connectivity index (χ1) is 15.3. The summed E-state index contributed by atoms with van der Waals surface area (Å²) >= 11 is 0. The molecular weight excluding hydrogens is 406 g/mol. The summed E-state index contributed by atoms with van der Waals surface area (Å²) in [5.74, 6) is -1.36. The summed E-state index contributed by atoms with van der Waals surface area (Å²) in [6, 6.07) is 19.3. The molecule has 0 bridgehead atoms. The standard InChI is InChI=1S/C25H23N3O4/c1-16-15-22(17(2)28(16)21-7-5-4-6-8-21)24(30)18(3)32-25(31)19-9-11-20(12-10-19)27-23(29)13-14-26/h4-12,15,18H,13H2,1-3H3,(H,27,29)/t18-/m0/s1. The Labute approximate surface area is 186 Å². The second kappa shape index (κ2) is 9.75. The number of rotatable bonds is 7. The Balaban J connectivity index is 1.70. The van der Waals surface area contributed by atoms with Gasteiger partial charge in [0.15, 0.2) is 6.10 Å². The van der Waals surface area contributed by atoms with Crippen molar-refractivity contribution in [2.75, 3.05) is 5.32 Å². The molecule has 0 aliphatic rings. The van der Waals surface area contributed by atoms with Crippen LogP contribution >= 0.6 is 0 Å². The molecule has 0 radical (unpaired) electrons. The molecule has 32 heavy (non-hydrogen) atoms. The third-order valence-electron chi connectivity index (χ3n) is 5.01. The molecule has 1 atom stereocenters. The van der Waals surface area contributed by atoms with Crippen molar-refractivity contribution < 1.29 is 19.1 Å². The summed E-state index contributed by atoms with van der Waals surface area (Å²) in [4.78, 5) is 37.0. The number of esters is 1. The quantitative estimate of drug-likeness (QED) is 0.444. The predicted octanol–water partition coefficient (Wildman–Crippen LogP) is 4.37. The van der Waals surface area contributed by atoms with Gasteiger partial charge >= 0.3 is 5.97 Å². The number of carbonyl (C=O) groups is 3. The second-order valence-electron chi connectivity index (χ2n) is 7.33. The van der Waals surface area contributed by atoms with Gasteiger partial charge in [-0.3, -0.25) is 9.59 Å². The fraction of sp³-hybridized carbons (Fsp3) is 0.200. The van der Waals surface area contributed by atoms with Crippen LogP contribution in [-0.2, 0) is 9.53 Å². The zero-order valence-corrected chi connectivity index (χ0v) is 18.1. The highest BCUT2D eigenvalue weighted by Gasteiger charge is 2.24. The van der Waals surface area contributed by atoms with Crippen molar-refractivity contribution in [3.05, 3.63) is 83.2 Å². The summed E-state index contributed by atoms with van der Waals surface area (Å²) in [7, 11) is 0. The van der Waals surface area contributed by atoms with Crippen molar-refractivity contribution in [1.82, 2.24) is 4.57 Å². The third kappa shape index (κ3) is 4.93. The molecule has 0 saturated carbocycles. The van der Waals surface area contributed by atoms with Gasteiger partial charge in [-0.25, -0.2) is 4.79 Å². The molecule has 0 saturated heterocycles. The van der Waals surface area contributed by atoms with Crippen LogP contribution in [0.2, 0.25) is 0 Å². The van der Waals surface area contributed by atoms with Crippen molar-refractivity contribution in [2.24, 2.45) is 0 Å². The lowest BCUT2D eigenvalue weighted by Gasteiger charge is -2.13. The minimum atomic E-state index is -0.970. The van der Waals surface area contributed by atoms with Gasteiger partial charge < -0.3 is 14.6 Å². The number of aryl methyl sites for hydroxylation is 1. The summed E-state index contributed by atoms with van der Waals surface area (Å²) in [5, 5.41) is 11.1. The van der Waals surface area contributed by atoms with Crippen LogP contribution < -0.4 is 5.32 Å². The van der Waals surface area contributed by atoms with Crippen molar-refractivity contribution in [3.63, 3.8) is 0 Å². The van der Waals surface area contributed by atoms with E-state index >= 15 is 0 Å². The van der Waals surface area contributed by atoms with Crippen LogP contribution in [0.4, 0.5) is 5.69 Å². The van der Waals surface area contributed by atoms with Crippen molar-refractivity contribution in [1.29, 1.82) is 5.26 Å². The molecule has 3 rings (SSSR count). The van der Waals surface area contributed by atoms with Crippen LogP contribution in [0.25, 0.3) is 5.69 Å². The summed E-state index contributed by atoms with van der Waals surface area (Å²) in [5.41, 5.74) is 3.84. The van der Waals surface area contributed by atoms with Crippen molar-refractivity contribution in [3.8, 4) is 11.8 Å². The Morgan fingerprint density at radius 3 is 2.34 bits per heavy atom. The van der Waals surface area contributed by atoms with E-state index in [-0.39, 0.29) is 17.8 Å². The molecule has 7 nitrogen and oxygen atoms in total. The number of ether oxygens (including phenoxy) is 1. The highest BCUT2D eigenvalue weighted by molar-refractivity contribution is 6.02. The Hall–Kier alpha value is -4.18. The molecule has 1 amide bonds. The number of Topliss-reactive ketones (excluding diaryl/α,β-unsaturated/α-hetero) is 1. The van der Waals surface area contributed by atoms with Crippen LogP contribution in [0, 0.1) is 25.2 Å². The van der Waals surface area contributed by atoms with Crippen LogP contribution in [0.3, 0.4) is 0 Å². The Morgan fingerprint density at radius 2 is 1.72 bits per heavy atom. The molecule has 0 spiro atoms. The third-order valence-corrected chi connectivity index (χ3v) is 5.01. The highest BCUT2D eigenvalue weighted by Crippen LogP contribution is 2.23. The first-order valence-corrected chi connectivity index (χ1v) is 10.1. The van der Waals surface area contributed by atoms with Gasteiger partial charge in [0.05, 0.1) is 11.6 Å². The van der Waals surface area contributed by atoms with Gasteiger partial charge in [-0.1, -0.05) is 18.2 Å². The number of hydrogen-bond acceptors (Lipinski definition) is 5. The summed E-state index contributed by atoms with van der Waals surface area (Å²) in [6.07, 6.45) is -1.23. The normalized spacial score (nSPS) is 11.3. The van der Waals surface area contributed by atoms with E-state index in [1.54, 1.807) is 19.1 Å². The molecule has 1 N–H and O–H groups in total. The van der Waals surface area contributed by atoms with Crippen molar-refractivity contribution >= 4 is 23.3 Å². The summed E-state index contributed by atoms with van der Waals surface area (Å²) < 4.78 is 7.38. The molecule has 1 aromatic heterocycles. The number of nitriles is 1. The number of para-hydroxylation sites is 1. The van der Waals surface area contributed by atoms with Crippen molar-refractivity contribution in [2.45, 2.75) is 33.3 Å². The van der Waals surface area contributed by atoms with Gasteiger partial charge in [0.25, 0.3) is 0 Å². The SMILES string of the molecule is Cc1cc(C(=O)[C@H](C)OC(=O)c2ccc(NC(=O)CC#N)cc2)c(C)n1-c1ccccc1. The minimum Gasteiger partial charge on any atom is -0.451 e. The van der Waals surface area contributed by atoms with E-state index in [0.29, 0.717) is 11.3 Å². The Kier molecular flexibility index (Phi) is 6.86. The van der Waals surface area contributed by atoms with E-state index in [2.05, 4.69) is 5.32 Å². The van der Waals surface area contributed by atoms with Gasteiger partial charge in [-0.2, -0.15) is 5.26 Å². The maximum absolute atomic E-state index is 13.0. The minimum absolute atomic E-state index is 0.248. The predicted molar refractivity (Wildman–Crippen MR) is 120 cm³/mol. The zero-order valence-electron chi connectivity index (χ0n) is 18.1. The first kappa shape index (κ1) is 22.5. The lowest BCUT2D eigenvalue weighted by atomic mass is 10.1. The van der Waals surface area contributed by atoms with Gasteiger partial charge in [0.2, 0.25) is 11.7 Å². The molecule has 7 heteroatoms. The fourth-order valence-electron chi connectivity index (χ4n) is 3.45. The number of amides is 1. The lowest BCUT2D eigenvalue weighted by Crippen LogP contribution is -2.25. The molecule has 0 aliphatic carbocycles. The van der Waals surface area contributed by atoms with E-state index in [4.69, 9.17) is 10.00 Å². The Bertz CT molecular complexity index is 1190. The number of aromatic nitrogens is 1. The number of nitrogens with one attached hydrogen (secondary N) is 1. The maximum Gasteiger partial charge on any atom is 0.338 e. The van der Waals surface area contributed by atoms with E-state index in [9.17, 15) is 14.4 Å². The molecule has 0 unspecified atom stereocenters. The first-order valence-electron chi connectivity index (χ1n) is 10.1. The van der Waals surface area contributed by atoms with Crippen LogP contribution in [0.1, 0.15) is 45.4 Å². The van der Waals surface area contributed by atoms with E-state index in [1.807, 2.05) is 48.7 Å². The molecule has 0 aliphatic heterocycles. The summed E-state index contributed by atoms with van der Waals surface area (Å²) in [6.45, 7) is 5.33. The van der Waals surface area contributed by atoms with Crippen LogP contribution in [0.15, 0.2) is 60.7 Å². The number of anilines is 1. The monoisotopic (exact) mass is 429 g/mol. The van der Waals surface area contributed by atoms with Gasteiger partial charge in [-0.05, 0) is 63.2 Å². The largest absolute Gasteiger partial charge is 0.451 e. The van der Waals surface area contributed by atoms with E-state index in [0.717, 1.165) is 17.1 Å². The number of carbonyl (C=O) groups excluding carboxylic acids is 3. The molecule has 1 heterocycles. The average Bonchev–Trinajstić information content (AvgIpc) is 3.08. The zero-order chi connectivity index (χ0) is 23.3. The number of ketones is 1. The molecular formula is C25H23N3O4. The van der Waals surface area contributed by atoms with E-state index in [1.165, 1.54) is 24.3 Å². The lowest BCUT2D eigenvalue weighted by molar-refractivity contribution is -0.115. The Morgan fingerprint density at radius 1 is 1.06 bits per heavy atom. The molecule has 0 fully saturated rings. The second-order valence-corrected chi connectivity index (χ2v) is 7.33. The number of benzene rings is 2. The fourth-order valence-corrected chi connectivity index (χ4v) is 3.45. The maximum atomic E-state index is 13.0. The van der Waals surface area contributed by atoms with Gasteiger partial charge in [-0.15, -0.1) is 0 Å². The topological polar surface area (TPSA) is 101 Å². The number of hydrogen-bond donors (Lipinski definition) is 1. The number of nitrogens with zero attached hydrogens (tertiary/aromatic N) is 2. The smallest absolute Gasteiger partial charge is 0.338 e. The van der Waals surface area contributed by atoms with E-state index < -0.39 is 18.0 Å². The van der Waals surface area contributed by atoms with Crippen LogP contribution in [-0.4, -0.2) is 28.3 Å².